The first-order chi connectivity index (χ1) is 7.86. The van der Waals surface area contributed by atoms with E-state index in [0.29, 0.717) is 11.3 Å². The minimum absolute atomic E-state index is 0.118. The molecule has 0 unspecified atom stereocenters. The number of aliphatic hydroxyl groups is 1. The molecule has 0 radical (unpaired) electrons. The van der Waals surface area contributed by atoms with Gasteiger partial charge < -0.3 is 10.4 Å². The first-order valence-corrected chi connectivity index (χ1v) is 5.63. The average molecular weight is 233 g/mol. The van der Waals surface area contributed by atoms with Gasteiger partial charge in [-0.1, -0.05) is 12.8 Å². The molecule has 0 aliphatic carbocycles. The van der Waals surface area contributed by atoms with E-state index in [1.165, 1.54) is 12.1 Å². The predicted octanol–water partition coefficient (Wildman–Crippen LogP) is 2.48. The molecule has 1 heterocycles. The Balaban J connectivity index is 2.65. The first kappa shape index (κ1) is 11.9. The SMILES string of the molecule is C#Cc1cc(F)cc2c1[C@H](C)[C@@H](O)C(C)(C)N2. The highest BCUT2D eigenvalue weighted by Gasteiger charge is 2.39. The average Bonchev–Trinajstić information content (AvgIpc) is 2.24. The number of rotatable bonds is 0. The zero-order valence-corrected chi connectivity index (χ0v) is 10.2. The van der Waals surface area contributed by atoms with Crippen LogP contribution in [0.25, 0.3) is 0 Å². The van der Waals surface area contributed by atoms with Gasteiger partial charge in [-0.3, -0.25) is 0 Å². The number of hydrogen-bond donors (Lipinski definition) is 2. The van der Waals surface area contributed by atoms with Gasteiger partial charge in [0.25, 0.3) is 0 Å². The Hall–Kier alpha value is -1.53. The fourth-order valence-electron chi connectivity index (χ4n) is 2.54. The summed E-state index contributed by atoms with van der Waals surface area (Å²) >= 11 is 0. The summed E-state index contributed by atoms with van der Waals surface area (Å²) in [5.74, 6) is 2.01. The van der Waals surface area contributed by atoms with Crippen LogP contribution in [0.4, 0.5) is 10.1 Å². The summed E-state index contributed by atoms with van der Waals surface area (Å²) in [4.78, 5) is 0. The number of hydrogen-bond acceptors (Lipinski definition) is 2. The first-order valence-electron chi connectivity index (χ1n) is 5.63. The number of aliphatic hydroxyl groups excluding tert-OH is 1. The van der Waals surface area contributed by atoms with Crippen molar-refractivity contribution >= 4 is 5.69 Å². The van der Waals surface area contributed by atoms with Crippen molar-refractivity contribution in [1.29, 1.82) is 0 Å². The van der Waals surface area contributed by atoms with Crippen LogP contribution in [0.3, 0.4) is 0 Å². The maximum atomic E-state index is 13.4. The van der Waals surface area contributed by atoms with Crippen molar-refractivity contribution < 1.29 is 9.50 Å². The molecule has 0 bridgehead atoms. The van der Waals surface area contributed by atoms with Crippen molar-refractivity contribution in [3.05, 3.63) is 29.1 Å². The molecule has 1 aliphatic heterocycles. The van der Waals surface area contributed by atoms with Crippen molar-refractivity contribution in [3.8, 4) is 12.3 Å². The van der Waals surface area contributed by atoms with Crippen LogP contribution < -0.4 is 5.32 Å². The summed E-state index contributed by atoms with van der Waals surface area (Å²) in [6.07, 6.45) is 4.83. The normalized spacial score (nSPS) is 25.6. The molecule has 0 fully saturated rings. The van der Waals surface area contributed by atoms with Crippen molar-refractivity contribution in [2.75, 3.05) is 5.32 Å². The second-order valence-corrected chi connectivity index (χ2v) is 5.14. The molecule has 1 aromatic carbocycles. The monoisotopic (exact) mass is 233 g/mol. The molecule has 90 valence electrons. The molecule has 0 saturated heterocycles. The molecule has 0 aromatic heterocycles. The van der Waals surface area contributed by atoms with Crippen LogP contribution in [-0.4, -0.2) is 16.7 Å². The van der Waals surface area contributed by atoms with Crippen LogP contribution in [-0.2, 0) is 0 Å². The fraction of sp³-hybridized carbons (Fsp3) is 0.429. The van der Waals surface area contributed by atoms with E-state index in [2.05, 4.69) is 11.2 Å². The Morgan fingerprint density at radius 2 is 2.12 bits per heavy atom. The largest absolute Gasteiger partial charge is 0.390 e. The van der Waals surface area contributed by atoms with Crippen LogP contribution in [0.2, 0.25) is 0 Å². The predicted molar refractivity (Wildman–Crippen MR) is 66.5 cm³/mol. The van der Waals surface area contributed by atoms with Crippen LogP contribution >= 0.6 is 0 Å². The molecule has 2 atom stereocenters. The Kier molecular flexibility index (Phi) is 2.63. The maximum Gasteiger partial charge on any atom is 0.126 e. The lowest BCUT2D eigenvalue weighted by molar-refractivity contribution is 0.0867. The Bertz CT molecular complexity index is 502. The number of terminal acetylenes is 1. The number of benzene rings is 1. The third kappa shape index (κ3) is 1.79. The summed E-state index contributed by atoms with van der Waals surface area (Å²) in [5.41, 5.74) is 1.52. The van der Waals surface area contributed by atoms with E-state index < -0.39 is 11.6 Å². The smallest absolute Gasteiger partial charge is 0.126 e. The minimum atomic E-state index is -0.562. The van der Waals surface area contributed by atoms with Gasteiger partial charge in [-0.15, -0.1) is 6.42 Å². The molecule has 2 N–H and O–H groups in total. The quantitative estimate of drug-likeness (QED) is 0.675. The summed E-state index contributed by atoms with van der Waals surface area (Å²) in [6.45, 7) is 5.68. The molecule has 3 heteroatoms. The lowest BCUT2D eigenvalue weighted by Crippen LogP contribution is -2.50. The van der Waals surface area contributed by atoms with Gasteiger partial charge in [0.05, 0.1) is 11.6 Å². The van der Waals surface area contributed by atoms with Gasteiger partial charge in [-0.25, -0.2) is 4.39 Å². The fourth-order valence-corrected chi connectivity index (χ4v) is 2.54. The molecule has 1 aliphatic rings. The van der Waals surface area contributed by atoms with Crippen molar-refractivity contribution in [1.82, 2.24) is 0 Å². The summed E-state index contributed by atoms with van der Waals surface area (Å²) in [5, 5.41) is 13.4. The minimum Gasteiger partial charge on any atom is -0.390 e. The molecule has 1 aromatic rings. The molecule has 0 saturated carbocycles. The molecule has 2 rings (SSSR count). The summed E-state index contributed by atoms with van der Waals surface area (Å²) in [7, 11) is 0. The number of fused-ring (bicyclic) bond motifs is 1. The second-order valence-electron chi connectivity index (χ2n) is 5.14. The zero-order valence-electron chi connectivity index (χ0n) is 10.2. The van der Waals surface area contributed by atoms with Gasteiger partial charge >= 0.3 is 0 Å². The molecular weight excluding hydrogens is 217 g/mol. The highest BCUT2D eigenvalue weighted by molar-refractivity contribution is 5.64. The Morgan fingerprint density at radius 3 is 2.71 bits per heavy atom. The zero-order chi connectivity index (χ0) is 12.8. The molecule has 2 nitrogen and oxygen atoms in total. The molecule has 0 amide bonds. The van der Waals surface area contributed by atoms with Crippen molar-refractivity contribution in [2.45, 2.75) is 38.3 Å². The van der Waals surface area contributed by atoms with Crippen molar-refractivity contribution in [3.63, 3.8) is 0 Å². The Labute approximate surface area is 101 Å². The van der Waals surface area contributed by atoms with Gasteiger partial charge in [0.1, 0.15) is 5.82 Å². The third-order valence-corrected chi connectivity index (χ3v) is 3.43. The Morgan fingerprint density at radius 1 is 1.47 bits per heavy atom. The van der Waals surface area contributed by atoms with E-state index in [0.717, 1.165) is 5.56 Å². The summed E-state index contributed by atoms with van der Waals surface area (Å²) < 4.78 is 13.4. The van der Waals surface area contributed by atoms with Gasteiger partial charge in [-0.05, 0) is 31.5 Å². The standard InChI is InChI=1S/C14H16FNO/c1-5-9-6-10(15)7-11-12(9)8(2)13(17)14(3,4)16-11/h1,6-8,13,16-17H,2-4H3/t8-,13+/m0/s1. The summed E-state index contributed by atoms with van der Waals surface area (Å²) in [6, 6.07) is 2.77. The van der Waals surface area contributed by atoms with E-state index >= 15 is 0 Å². The van der Waals surface area contributed by atoms with Crippen LogP contribution in [0, 0.1) is 18.2 Å². The molecular formula is C14H16FNO. The molecule has 17 heavy (non-hydrogen) atoms. The number of nitrogens with one attached hydrogen (secondary N) is 1. The van der Waals surface area contributed by atoms with Gasteiger partial charge in [0.15, 0.2) is 0 Å². The third-order valence-electron chi connectivity index (χ3n) is 3.43. The highest BCUT2D eigenvalue weighted by Crippen LogP contribution is 2.40. The van der Waals surface area contributed by atoms with E-state index in [1.54, 1.807) is 0 Å². The van der Waals surface area contributed by atoms with Crippen LogP contribution in [0.15, 0.2) is 12.1 Å². The van der Waals surface area contributed by atoms with E-state index in [9.17, 15) is 9.50 Å². The van der Waals surface area contributed by atoms with Crippen LogP contribution in [0.1, 0.15) is 37.8 Å². The molecule has 0 spiro atoms. The van der Waals surface area contributed by atoms with Gasteiger partial charge in [-0.2, -0.15) is 0 Å². The topological polar surface area (TPSA) is 32.3 Å². The number of anilines is 1. The number of halogens is 1. The van der Waals surface area contributed by atoms with Gasteiger partial charge in [0, 0.05) is 17.2 Å². The van der Waals surface area contributed by atoms with Crippen LogP contribution in [0.5, 0.6) is 0 Å². The maximum absolute atomic E-state index is 13.4. The highest BCUT2D eigenvalue weighted by atomic mass is 19.1. The van der Waals surface area contributed by atoms with E-state index in [-0.39, 0.29) is 11.7 Å². The van der Waals surface area contributed by atoms with Crippen molar-refractivity contribution in [2.24, 2.45) is 0 Å². The van der Waals surface area contributed by atoms with E-state index in [1.807, 2.05) is 20.8 Å². The van der Waals surface area contributed by atoms with E-state index in [4.69, 9.17) is 6.42 Å². The second kappa shape index (κ2) is 3.75. The lowest BCUT2D eigenvalue weighted by atomic mass is 9.77. The van der Waals surface area contributed by atoms with Gasteiger partial charge in [0.2, 0.25) is 0 Å². The lowest BCUT2D eigenvalue weighted by Gasteiger charge is -2.42.